The molecule has 0 radical (unpaired) electrons. The molecule has 0 saturated heterocycles. The van der Waals surface area contributed by atoms with Gasteiger partial charge in [0.25, 0.3) is 0 Å². The summed E-state index contributed by atoms with van der Waals surface area (Å²) in [6.07, 6.45) is 9.50. The molecule has 0 heterocycles. The molecular weight excluding hydrogens is 260 g/mol. The van der Waals surface area contributed by atoms with Gasteiger partial charge in [-0.15, -0.1) is 0 Å². The Bertz CT molecular complexity index is 484. The number of benzene rings is 1. The molecule has 3 atom stereocenters. The van der Waals surface area contributed by atoms with Crippen molar-refractivity contribution >= 4 is 12.8 Å². The number of hydrogen-bond acceptors (Lipinski definition) is 3. The molecule has 1 aromatic carbocycles. The van der Waals surface area contributed by atoms with Gasteiger partial charge < -0.3 is 10.8 Å². The lowest BCUT2D eigenvalue weighted by molar-refractivity contribution is 0.0657. The van der Waals surface area contributed by atoms with Crippen LogP contribution >= 0.6 is 0 Å². The van der Waals surface area contributed by atoms with Gasteiger partial charge in [-0.2, -0.15) is 0 Å². The van der Waals surface area contributed by atoms with Gasteiger partial charge in [0.05, 0.1) is 6.10 Å². The molecule has 0 aliphatic heterocycles. The molecule has 0 amide bonds. The average Bonchev–Trinajstić information content (AvgIpc) is 2.52. The highest BCUT2D eigenvalue weighted by atomic mass is 16.3. The van der Waals surface area contributed by atoms with Crippen LogP contribution in [0.5, 0.6) is 0 Å². The Labute approximate surface area is 127 Å². The van der Waals surface area contributed by atoms with E-state index < -0.39 is 0 Å². The quantitative estimate of drug-likeness (QED) is 0.789. The van der Waals surface area contributed by atoms with Crippen LogP contribution in [0.15, 0.2) is 35.5 Å². The lowest BCUT2D eigenvalue weighted by Gasteiger charge is -2.32. The minimum absolute atomic E-state index is 0.161. The van der Waals surface area contributed by atoms with Crippen molar-refractivity contribution in [3.05, 3.63) is 41.6 Å². The van der Waals surface area contributed by atoms with Crippen molar-refractivity contribution < 1.29 is 5.11 Å². The Hall–Kier alpha value is -1.45. The summed E-state index contributed by atoms with van der Waals surface area (Å²) in [5, 5.41) is 10.4. The Morgan fingerprint density at radius 3 is 2.86 bits per heavy atom. The first-order chi connectivity index (χ1) is 10.2. The molecule has 0 spiro atoms. The van der Waals surface area contributed by atoms with Gasteiger partial charge in [0.2, 0.25) is 0 Å². The lowest BCUT2D eigenvalue weighted by atomic mass is 9.80. The van der Waals surface area contributed by atoms with E-state index in [-0.39, 0.29) is 18.1 Å². The molecule has 0 bridgehead atoms. The van der Waals surface area contributed by atoms with Gasteiger partial charge in [0, 0.05) is 12.2 Å². The van der Waals surface area contributed by atoms with Crippen molar-refractivity contribution in [2.24, 2.45) is 16.6 Å². The van der Waals surface area contributed by atoms with Gasteiger partial charge in [-0.3, -0.25) is 4.99 Å². The monoisotopic (exact) mass is 286 g/mol. The molecule has 114 valence electrons. The maximum atomic E-state index is 10.4. The highest BCUT2D eigenvalue weighted by Gasteiger charge is 2.27. The van der Waals surface area contributed by atoms with Gasteiger partial charge in [0.1, 0.15) is 0 Å². The van der Waals surface area contributed by atoms with Crippen LogP contribution in [0, 0.1) is 5.92 Å². The summed E-state index contributed by atoms with van der Waals surface area (Å²) in [5.74, 6) is 0.260. The van der Waals surface area contributed by atoms with E-state index in [0.29, 0.717) is 0 Å². The Balaban J connectivity index is 1.96. The molecule has 1 aliphatic rings. The predicted molar refractivity (Wildman–Crippen MR) is 89.3 cm³/mol. The van der Waals surface area contributed by atoms with Crippen molar-refractivity contribution in [1.82, 2.24) is 0 Å². The van der Waals surface area contributed by atoms with Crippen LogP contribution in [0.1, 0.15) is 43.2 Å². The molecule has 1 aliphatic carbocycles. The van der Waals surface area contributed by atoms with Crippen LogP contribution in [-0.4, -0.2) is 24.0 Å². The molecule has 3 nitrogen and oxygen atoms in total. The molecule has 21 heavy (non-hydrogen) atoms. The zero-order chi connectivity index (χ0) is 15.1. The van der Waals surface area contributed by atoms with E-state index in [9.17, 15) is 5.11 Å². The zero-order valence-corrected chi connectivity index (χ0v) is 12.6. The van der Waals surface area contributed by atoms with Crippen LogP contribution < -0.4 is 5.73 Å². The van der Waals surface area contributed by atoms with Gasteiger partial charge in [-0.1, -0.05) is 37.1 Å². The summed E-state index contributed by atoms with van der Waals surface area (Å²) in [6, 6.07) is 8.38. The highest BCUT2D eigenvalue weighted by Crippen LogP contribution is 2.28. The molecule has 2 rings (SSSR count). The molecular formula is C18H26N2O. The van der Waals surface area contributed by atoms with E-state index >= 15 is 0 Å². The van der Waals surface area contributed by atoms with Crippen molar-refractivity contribution in [1.29, 1.82) is 0 Å². The van der Waals surface area contributed by atoms with Crippen LogP contribution in [0.4, 0.5) is 0 Å². The zero-order valence-electron chi connectivity index (χ0n) is 12.6. The van der Waals surface area contributed by atoms with Gasteiger partial charge in [0.15, 0.2) is 0 Å². The second kappa shape index (κ2) is 8.11. The normalized spacial score (nSPS) is 24.1. The van der Waals surface area contributed by atoms with E-state index in [1.807, 2.05) is 18.2 Å². The number of rotatable bonds is 6. The number of aliphatic imine (C=N–C) groups is 1. The average molecular weight is 286 g/mol. The van der Waals surface area contributed by atoms with Crippen LogP contribution in [0.2, 0.25) is 0 Å². The van der Waals surface area contributed by atoms with E-state index in [0.717, 1.165) is 31.2 Å². The van der Waals surface area contributed by atoms with Crippen LogP contribution in [0.25, 0.3) is 6.08 Å². The van der Waals surface area contributed by atoms with Gasteiger partial charge in [-0.25, -0.2) is 0 Å². The highest BCUT2D eigenvalue weighted by molar-refractivity contribution is 5.54. The third-order valence-corrected chi connectivity index (χ3v) is 4.49. The molecule has 2 unspecified atom stereocenters. The SMILES string of the molecule is C=N/C=C/c1ccccc1CCC(O)[C@H]1CCCCC1N. The smallest absolute Gasteiger partial charge is 0.0586 e. The topological polar surface area (TPSA) is 58.6 Å². The van der Waals surface area contributed by atoms with Crippen molar-refractivity contribution in [3.8, 4) is 0 Å². The first-order valence-electron chi connectivity index (χ1n) is 7.86. The second-order valence-corrected chi connectivity index (χ2v) is 5.92. The maximum Gasteiger partial charge on any atom is 0.0586 e. The second-order valence-electron chi connectivity index (χ2n) is 5.92. The van der Waals surface area contributed by atoms with E-state index in [4.69, 9.17) is 5.73 Å². The number of nitrogens with two attached hydrogens (primary N) is 1. The largest absolute Gasteiger partial charge is 0.393 e. The number of hydrogen-bond donors (Lipinski definition) is 2. The Kier molecular flexibility index (Phi) is 6.15. The number of aliphatic hydroxyl groups excluding tert-OH is 1. The number of nitrogens with zero attached hydrogens (tertiary/aromatic N) is 1. The fourth-order valence-electron chi connectivity index (χ4n) is 3.24. The summed E-state index contributed by atoms with van der Waals surface area (Å²) >= 11 is 0. The third-order valence-electron chi connectivity index (χ3n) is 4.49. The summed E-state index contributed by atoms with van der Waals surface area (Å²) in [7, 11) is 0. The van der Waals surface area contributed by atoms with Crippen molar-refractivity contribution in [2.75, 3.05) is 0 Å². The van der Waals surface area contributed by atoms with Gasteiger partial charge in [-0.05, 0) is 55.5 Å². The first-order valence-corrected chi connectivity index (χ1v) is 7.86. The standard InChI is InChI=1S/C18H26N2O/c1-20-13-12-15-7-3-2-6-14(15)10-11-18(21)16-8-4-5-9-17(16)19/h2-3,6-7,12-13,16-18,21H,1,4-5,8-11,19H2/b13-12+/t16-,17?,18?/m0/s1. The number of aliphatic hydroxyl groups is 1. The third kappa shape index (κ3) is 4.51. The lowest BCUT2D eigenvalue weighted by Crippen LogP contribution is -2.40. The van der Waals surface area contributed by atoms with E-state index in [1.54, 1.807) is 6.20 Å². The Morgan fingerprint density at radius 2 is 2.10 bits per heavy atom. The molecule has 1 fully saturated rings. The molecule has 0 aromatic heterocycles. The van der Waals surface area contributed by atoms with E-state index in [1.165, 1.54) is 18.4 Å². The summed E-state index contributed by atoms with van der Waals surface area (Å²) in [4.78, 5) is 3.75. The summed E-state index contributed by atoms with van der Waals surface area (Å²) in [5.41, 5.74) is 8.53. The maximum absolute atomic E-state index is 10.4. The first kappa shape index (κ1) is 15.9. The summed E-state index contributed by atoms with van der Waals surface area (Å²) in [6.45, 7) is 3.46. The van der Waals surface area contributed by atoms with Crippen molar-refractivity contribution in [2.45, 2.75) is 50.7 Å². The van der Waals surface area contributed by atoms with Crippen LogP contribution in [-0.2, 0) is 6.42 Å². The molecule has 3 heteroatoms. The fraction of sp³-hybridized carbons (Fsp3) is 0.500. The summed E-state index contributed by atoms with van der Waals surface area (Å²) < 4.78 is 0. The minimum Gasteiger partial charge on any atom is -0.393 e. The fourth-order valence-corrected chi connectivity index (χ4v) is 3.24. The molecule has 1 aromatic rings. The molecule has 1 saturated carbocycles. The van der Waals surface area contributed by atoms with Crippen LogP contribution in [0.3, 0.4) is 0 Å². The predicted octanol–water partition coefficient (Wildman–Crippen LogP) is 3.17. The minimum atomic E-state index is -0.296. The Morgan fingerprint density at radius 1 is 1.33 bits per heavy atom. The molecule has 3 N–H and O–H groups in total. The number of aryl methyl sites for hydroxylation is 1. The van der Waals surface area contributed by atoms with Gasteiger partial charge >= 0.3 is 0 Å². The van der Waals surface area contributed by atoms with E-state index in [2.05, 4.69) is 23.8 Å². The van der Waals surface area contributed by atoms with Crippen molar-refractivity contribution in [3.63, 3.8) is 0 Å².